The number of fused-ring (bicyclic) bond motifs is 3. The molecule has 10 nitrogen and oxygen atoms in total. The Hall–Kier alpha value is -4.25. The molecule has 42 heavy (non-hydrogen) atoms. The lowest BCUT2D eigenvalue weighted by atomic mass is 9.56. The highest BCUT2D eigenvalue weighted by atomic mass is 16.4. The van der Waals surface area contributed by atoms with E-state index in [2.05, 4.69) is 20.8 Å². The van der Waals surface area contributed by atoms with Crippen molar-refractivity contribution in [1.29, 1.82) is 0 Å². The zero-order valence-electron chi connectivity index (χ0n) is 23.9. The number of aliphatic hydroxyl groups is 4. The third-order valence-corrected chi connectivity index (χ3v) is 8.63. The van der Waals surface area contributed by atoms with Gasteiger partial charge in [-0.2, -0.15) is 0 Å². The van der Waals surface area contributed by atoms with Crippen LogP contribution >= 0.6 is 0 Å². The highest BCUT2D eigenvalue weighted by molar-refractivity contribution is 6.25. The summed E-state index contributed by atoms with van der Waals surface area (Å²) in [4.78, 5) is 41.1. The molecular formula is C32H34N2O8. The Morgan fingerprint density at radius 3 is 2.19 bits per heavy atom. The van der Waals surface area contributed by atoms with E-state index in [1.807, 2.05) is 24.3 Å². The van der Waals surface area contributed by atoms with Crippen molar-refractivity contribution < 1.29 is 39.9 Å². The van der Waals surface area contributed by atoms with Crippen LogP contribution in [0.4, 0.5) is 0 Å². The van der Waals surface area contributed by atoms with E-state index in [1.165, 1.54) is 25.1 Å². The minimum atomic E-state index is -2.98. The fourth-order valence-corrected chi connectivity index (χ4v) is 6.57. The Bertz CT molecular complexity index is 1630. The van der Waals surface area contributed by atoms with Gasteiger partial charge >= 0.3 is 0 Å². The third kappa shape index (κ3) is 4.01. The molecule has 5 atom stereocenters. The molecule has 0 saturated heterocycles. The van der Waals surface area contributed by atoms with E-state index in [0.29, 0.717) is 16.7 Å². The summed E-state index contributed by atoms with van der Waals surface area (Å²) in [6.45, 7) is 6.23. The van der Waals surface area contributed by atoms with Crippen molar-refractivity contribution >= 4 is 29.1 Å². The molecule has 220 valence electrons. The predicted octanol–water partition coefficient (Wildman–Crippen LogP) is 2.39. The molecule has 0 aromatic heterocycles. The Morgan fingerprint density at radius 1 is 1.02 bits per heavy atom. The SMILES string of the molecule is CN(C)[C@H]1C(O)=C(C(N)=O)C(=O)[C@]2(O)C(O)=C3C(=O)c4c(O)cccc4/C(=C\c4ccc(C(C)(C)C)cc4)[C@@H]3[C@@H](O)[C@H]12. The number of aliphatic hydroxyl groups excluding tert-OH is 3. The number of carbonyl (C=O) groups is 3. The lowest BCUT2D eigenvalue weighted by Crippen LogP contribution is -2.68. The van der Waals surface area contributed by atoms with Crippen molar-refractivity contribution in [1.82, 2.24) is 4.90 Å². The number of amides is 1. The van der Waals surface area contributed by atoms with Crippen LogP contribution in [0.25, 0.3) is 11.6 Å². The summed E-state index contributed by atoms with van der Waals surface area (Å²) >= 11 is 0. The van der Waals surface area contributed by atoms with Crippen LogP contribution in [0.2, 0.25) is 0 Å². The molecule has 0 fully saturated rings. The molecule has 0 radical (unpaired) electrons. The number of likely N-dealkylation sites (N-methyl/N-ethyl adjacent to an activating group) is 1. The number of ketones is 2. The van der Waals surface area contributed by atoms with Gasteiger partial charge in [0, 0.05) is 5.92 Å². The summed E-state index contributed by atoms with van der Waals surface area (Å²) in [5, 5.41) is 57.2. The number of benzene rings is 2. The second-order valence-corrected chi connectivity index (χ2v) is 12.4. The number of nitrogens with zero attached hydrogens (tertiary/aromatic N) is 1. The van der Waals surface area contributed by atoms with Crippen LogP contribution in [0.3, 0.4) is 0 Å². The summed E-state index contributed by atoms with van der Waals surface area (Å²) in [6.07, 6.45) is -0.0175. The molecule has 0 bridgehead atoms. The van der Waals surface area contributed by atoms with Crippen molar-refractivity contribution in [2.45, 2.75) is 43.9 Å². The van der Waals surface area contributed by atoms with Gasteiger partial charge in [0.05, 0.1) is 29.2 Å². The van der Waals surface area contributed by atoms with Crippen molar-refractivity contribution in [3.05, 3.63) is 87.4 Å². The normalized spacial score (nSPS) is 28.6. The van der Waals surface area contributed by atoms with E-state index < -0.39 is 75.5 Å². The third-order valence-electron chi connectivity index (χ3n) is 8.63. The number of phenolic OH excluding ortho intramolecular Hbond substituents is 1. The van der Waals surface area contributed by atoms with E-state index in [0.717, 1.165) is 5.56 Å². The predicted molar refractivity (Wildman–Crippen MR) is 154 cm³/mol. The van der Waals surface area contributed by atoms with Gasteiger partial charge < -0.3 is 31.3 Å². The second kappa shape index (κ2) is 9.65. The molecule has 10 heteroatoms. The van der Waals surface area contributed by atoms with Gasteiger partial charge in [-0.05, 0) is 47.8 Å². The van der Waals surface area contributed by atoms with Gasteiger partial charge in [0.25, 0.3) is 5.91 Å². The average molecular weight is 575 g/mol. The molecule has 7 N–H and O–H groups in total. The molecule has 0 unspecified atom stereocenters. The van der Waals surface area contributed by atoms with Crippen molar-refractivity contribution in [2.75, 3.05) is 14.1 Å². The van der Waals surface area contributed by atoms with Gasteiger partial charge in [-0.3, -0.25) is 19.3 Å². The maximum absolute atomic E-state index is 13.9. The highest BCUT2D eigenvalue weighted by Crippen LogP contribution is 2.55. The molecule has 1 amide bonds. The van der Waals surface area contributed by atoms with Crippen LogP contribution in [-0.4, -0.2) is 79.7 Å². The second-order valence-electron chi connectivity index (χ2n) is 12.4. The van der Waals surface area contributed by atoms with Gasteiger partial charge in [0.1, 0.15) is 22.8 Å². The molecule has 3 aliphatic carbocycles. The molecule has 0 spiro atoms. The van der Waals surface area contributed by atoms with Gasteiger partial charge in [-0.1, -0.05) is 63.2 Å². The summed E-state index contributed by atoms with van der Waals surface area (Å²) in [6, 6.07) is 10.7. The number of hydrogen-bond acceptors (Lipinski definition) is 9. The fraction of sp³-hybridized carbons (Fsp3) is 0.344. The first-order chi connectivity index (χ1) is 19.5. The summed E-state index contributed by atoms with van der Waals surface area (Å²) in [7, 11) is 2.98. The largest absolute Gasteiger partial charge is 0.510 e. The number of hydrogen-bond donors (Lipinski definition) is 6. The number of primary amides is 1. The Kier molecular flexibility index (Phi) is 6.72. The lowest BCUT2D eigenvalue weighted by Gasteiger charge is -2.52. The number of nitrogens with two attached hydrogens (primary N) is 1. The quantitative estimate of drug-likeness (QED) is 0.300. The smallest absolute Gasteiger partial charge is 0.255 e. The van der Waals surface area contributed by atoms with Gasteiger partial charge in [-0.25, -0.2) is 0 Å². The Labute approximate surface area is 242 Å². The summed E-state index contributed by atoms with van der Waals surface area (Å²) < 4.78 is 0. The number of Topliss-reactive ketones (excluding diaryl/α,β-unsaturated/α-hetero) is 2. The minimum absolute atomic E-state index is 0.110. The van der Waals surface area contributed by atoms with E-state index in [-0.39, 0.29) is 11.0 Å². The summed E-state index contributed by atoms with van der Waals surface area (Å²) in [5.74, 6) is -8.80. The first kappa shape index (κ1) is 29.2. The Morgan fingerprint density at radius 2 is 1.64 bits per heavy atom. The average Bonchev–Trinajstić information content (AvgIpc) is 2.89. The molecule has 0 heterocycles. The topological polar surface area (TPSA) is 182 Å². The molecular weight excluding hydrogens is 540 g/mol. The zero-order valence-corrected chi connectivity index (χ0v) is 23.9. The van der Waals surface area contributed by atoms with Crippen molar-refractivity contribution in [2.24, 2.45) is 17.6 Å². The molecule has 0 saturated carbocycles. The van der Waals surface area contributed by atoms with Crippen LogP contribution in [0, 0.1) is 11.8 Å². The molecule has 0 aliphatic heterocycles. The van der Waals surface area contributed by atoms with Crippen molar-refractivity contribution in [3.8, 4) is 5.75 Å². The van der Waals surface area contributed by atoms with E-state index >= 15 is 0 Å². The van der Waals surface area contributed by atoms with E-state index in [9.17, 15) is 39.9 Å². The number of phenols is 1. The van der Waals surface area contributed by atoms with Crippen LogP contribution < -0.4 is 5.73 Å². The van der Waals surface area contributed by atoms with Crippen molar-refractivity contribution in [3.63, 3.8) is 0 Å². The van der Waals surface area contributed by atoms with Crippen LogP contribution in [0.5, 0.6) is 5.75 Å². The van der Waals surface area contributed by atoms with E-state index in [4.69, 9.17) is 5.73 Å². The molecule has 2 aromatic rings. The minimum Gasteiger partial charge on any atom is -0.510 e. The molecule has 2 aromatic carbocycles. The number of aromatic hydroxyl groups is 1. The maximum atomic E-state index is 13.9. The maximum Gasteiger partial charge on any atom is 0.255 e. The Balaban J connectivity index is 1.82. The molecule has 3 aliphatic rings. The van der Waals surface area contributed by atoms with Gasteiger partial charge in [-0.15, -0.1) is 0 Å². The number of carbonyl (C=O) groups excluding carboxylic acids is 3. The van der Waals surface area contributed by atoms with Crippen LogP contribution in [0.15, 0.2) is 65.1 Å². The number of rotatable bonds is 3. The van der Waals surface area contributed by atoms with Gasteiger partial charge in [0.2, 0.25) is 5.78 Å². The first-order valence-corrected chi connectivity index (χ1v) is 13.5. The van der Waals surface area contributed by atoms with Crippen LogP contribution in [0.1, 0.15) is 47.8 Å². The highest BCUT2D eigenvalue weighted by Gasteiger charge is 2.67. The lowest BCUT2D eigenvalue weighted by molar-refractivity contribution is -0.159. The first-order valence-electron chi connectivity index (χ1n) is 13.5. The molecule has 5 rings (SSSR count). The van der Waals surface area contributed by atoms with E-state index in [1.54, 1.807) is 18.2 Å². The zero-order chi connectivity index (χ0) is 31.0. The van der Waals surface area contributed by atoms with Crippen LogP contribution in [-0.2, 0) is 15.0 Å². The fourth-order valence-electron chi connectivity index (χ4n) is 6.57. The monoisotopic (exact) mass is 574 g/mol. The summed E-state index contributed by atoms with van der Waals surface area (Å²) in [5.41, 5.74) is 3.09. The van der Waals surface area contributed by atoms with Gasteiger partial charge in [0.15, 0.2) is 11.4 Å². The standard InChI is InChI=1S/C32H34N2O8/c1-31(2,3)15-11-9-14(10-12-15)13-17-16-7-6-8-18(35)19(16)25(36)21-20(17)26(37)23-24(34(4)5)27(38)22(30(33)41)29(40)32(23,42)28(21)39/h6-13,20,23-24,26,35,37-39,42H,1-5H3,(H2,33,41)/b17-13+/t20-,23-,24+,26+,32+/m0/s1.